The van der Waals surface area contributed by atoms with Crippen LogP contribution < -0.4 is 0 Å². The average Bonchev–Trinajstić information content (AvgIpc) is 2.59. The first kappa shape index (κ1) is 11.7. The van der Waals surface area contributed by atoms with Crippen LogP contribution >= 0.6 is 0 Å². The fraction of sp³-hybridized carbons (Fsp3) is 0.250. The smallest absolute Gasteiger partial charge is 0.0301 e. The molecule has 94 valence electrons. The first-order chi connectivity index (χ1) is 8.56. The van der Waals surface area contributed by atoms with Crippen LogP contribution in [0.1, 0.15) is 19.4 Å². The monoisotopic (exact) mass is 258 g/mol. The SMILES string of the molecule is CC1(C)Cc2ccccc2[SH]1(=O)c1ccccc1. The van der Waals surface area contributed by atoms with Crippen molar-refractivity contribution in [3.05, 3.63) is 60.2 Å². The Morgan fingerprint density at radius 3 is 2.28 bits per heavy atom. The van der Waals surface area contributed by atoms with Crippen LogP contribution in [0.5, 0.6) is 0 Å². The lowest BCUT2D eigenvalue weighted by molar-refractivity contribution is 0.623. The molecule has 0 amide bonds. The predicted molar refractivity (Wildman–Crippen MR) is 76.7 cm³/mol. The van der Waals surface area contributed by atoms with E-state index in [4.69, 9.17) is 0 Å². The molecule has 0 radical (unpaired) electrons. The number of hydrogen-bond acceptors (Lipinski definition) is 1. The van der Waals surface area contributed by atoms with Gasteiger partial charge in [-0.15, -0.1) is 0 Å². The van der Waals surface area contributed by atoms with Gasteiger partial charge in [-0.2, -0.15) is 0 Å². The first-order valence-corrected chi connectivity index (χ1v) is 8.01. The second-order valence-electron chi connectivity index (χ2n) is 5.56. The quantitative estimate of drug-likeness (QED) is 0.775. The van der Waals surface area contributed by atoms with E-state index in [-0.39, 0.29) is 4.75 Å². The lowest BCUT2D eigenvalue weighted by Crippen LogP contribution is -2.34. The molecule has 0 saturated heterocycles. The van der Waals surface area contributed by atoms with Gasteiger partial charge in [0, 0.05) is 14.5 Å². The molecule has 1 nitrogen and oxygen atoms in total. The molecule has 0 spiro atoms. The Balaban J connectivity index is 2.30. The zero-order chi connectivity index (χ0) is 12.8. The summed E-state index contributed by atoms with van der Waals surface area (Å²) in [6.07, 6.45) is 0.898. The minimum atomic E-state index is -2.52. The van der Waals surface area contributed by atoms with Gasteiger partial charge >= 0.3 is 0 Å². The molecule has 0 atom stereocenters. The second-order valence-corrected chi connectivity index (χ2v) is 8.99. The average molecular weight is 258 g/mol. The Morgan fingerprint density at radius 1 is 0.944 bits per heavy atom. The normalized spacial score (nSPS) is 21.2. The zero-order valence-electron chi connectivity index (χ0n) is 10.8. The van der Waals surface area contributed by atoms with E-state index in [9.17, 15) is 4.21 Å². The van der Waals surface area contributed by atoms with E-state index in [1.165, 1.54) is 5.56 Å². The molecule has 0 fully saturated rings. The van der Waals surface area contributed by atoms with Crippen molar-refractivity contribution in [3.63, 3.8) is 0 Å². The van der Waals surface area contributed by atoms with Crippen molar-refractivity contribution in [3.8, 4) is 0 Å². The van der Waals surface area contributed by atoms with Crippen LogP contribution in [0.2, 0.25) is 0 Å². The summed E-state index contributed by atoms with van der Waals surface area (Å²) in [6, 6.07) is 18.1. The van der Waals surface area contributed by atoms with Gasteiger partial charge in [-0.1, -0.05) is 46.3 Å². The van der Waals surface area contributed by atoms with Crippen molar-refractivity contribution in [2.75, 3.05) is 0 Å². The summed E-state index contributed by atoms with van der Waals surface area (Å²) < 4.78 is 13.5. The molecule has 0 aliphatic carbocycles. The van der Waals surface area contributed by atoms with Gasteiger partial charge in [-0.3, -0.25) is 4.21 Å². The summed E-state index contributed by atoms with van der Waals surface area (Å²) in [4.78, 5) is 2.04. The largest absolute Gasteiger partial charge is 0.275 e. The van der Waals surface area contributed by atoms with Gasteiger partial charge in [0.15, 0.2) is 0 Å². The number of fused-ring (bicyclic) bond motifs is 1. The molecule has 0 N–H and O–H groups in total. The van der Waals surface area contributed by atoms with Crippen molar-refractivity contribution in [2.24, 2.45) is 0 Å². The Hall–Kier alpha value is -1.41. The van der Waals surface area contributed by atoms with Crippen LogP contribution in [-0.2, 0) is 16.4 Å². The number of rotatable bonds is 1. The highest BCUT2D eigenvalue weighted by Gasteiger charge is 2.44. The van der Waals surface area contributed by atoms with Gasteiger partial charge < -0.3 is 0 Å². The van der Waals surface area contributed by atoms with Crippen molar-refractivity contribution in [1.29, 1.82) is 0 Å². The van der Waals surface area contributed by atoms with Crippen molar-refractivity contribution in [1.82, 2.24) is 0 Å². The summed E-state index contributed by atoms with van der Waals surface area (Å²) in [5.41, 5.74) is 1.25. The minimum Gasteiger partial charge on any atom is -0.275 e. The van der Waals surface area contributed by atoms with Crippen LogP contribution in [0.4, 0.5) is 0 Å². The Morgan fingerprint density at radius 2 is 1.56 bits per heavy atom. The molecular formula is C16H18OS. The molecule has 0 aromatic heterocycles. The van der Waals surface area contributed by atoms with Gasteiger partial charge in [0.25, 0.3) is 0 Å². The molecule has 3 rings (SSSR count). The summed E-state index contributed by atoms with van der Waals surface area (Å²) in [5, 5.41) is 0. The number of hydrogen-bond donors (Lipinski definition) is 1. The standard InChI is InChI=1S/C16H18OS/c1-16(2)12-13-8-6-7-11-15(13)18(16,17)14-9-4-3-5-10-14/h3-11,18H,12H2,1-2H3. The fourth-order valence-electron chi connectivity index (χ4n) is 3.00. The molecule has 1 aliphatic rings. The van der Waals surface area contributed by atoms with Gasteiger partial charge in [0.05, 0.1) is 0 Å². The molecule has 0 bridgehead atoms. The topological polar surface area (TPSA) is 17.1 Å². The lowest BCUT2D eigenvalue weighted by Gasteiger charge is -2.33. The van der Waals surface area contributed by atoms with Crippen molar-refractivity contribution >= 4 is 9.93 Å². The maximum absolute atomic E-state index is 13.7. The Kier molecular flexibility index (Phi) is 2.46. The van der Waals surface area contributed by atoms with Gasteiger partial charge in [-0.05, 0) is 44.0 Å². The van der Waals surface area contributed by atoms with Crippen LogP contribution in [0.25, 0.3) is 0 Å². The second kappa shape index (κ2) is 3.79. The summed E-state index contributed by atoms with van der Waals surface area (Å²) in [7, 11) is -2.52. The third-order valence-corrected chi connectivity index (χ3v) is 7.93. The molecule has 2 heteroatoms. The van der Waals surface area contributed by atoms with E-state index in [1.807, 2.05) is 48.5 Å². The van der Waals surface area contributed by atoms with E-state index in [2.05, 4.69) is 19.9 Å². The predicted octanol–water partition coefficient (Wildman–Crippen LogP) is 3.46. The molecule has 1 aliphatic heterocycles. The van der Waals surface area contributed by atoms with Crippen LogP contribution in [-0.4, -0.2) is 8.96 Å². The summed E-state index contributed by atoms with van der Waals surface area (Å²) in [5.74, 6) is 0. The molecule has 2 aromatic rings. The zero-order valence-corrected chi connectivity index (χ0v) is 11.7. The number of thiol groups is 1. The molecule has 2 aromatic carbocycles. The molecule has 18 heavy (non-hydrogen) atoms. The summed E-state index contributed by atoms with van der Waals surface area (Å²) >= 11 is 0. The van der Waals surface area contributed by atoms with Crippen molar-refractivity contribution < 1.29 is 4.21 Å². The third-order valence-electron chi connectivity index (χ3n) is 3.93. The minimum absolute atomic E-state index is 0.182. The van der Waals surface area contributed by atoms with Gasteiger partial charge in [0.1, 0.15) is 0 Å². The maximum Gasteiger partial charge on any atom is 0.0301 e. The van der Waals surface area contributed by atoms with Crippen LogP contribution in [0.3, 0.4) is 0 Å². The van der Waals surface area contributed by atoms with E-state index in [0.717, 1.165) is 16.2 Å². The molecular weight excluding hydrogens is 240 g/mol. The Labute approximate surface area is 109 Å². The molecule has 0 unspecified atom stereocenters. The Bertz CT molecular complexity index is 629. The molecule has 1 heterocycles. The highest BCUT2D eigenvalue weighted by Crippen LogP contribution is 2.48. The van der Waals surface area contributed by atoms with Gasteiger partial charge in [0.2, 0.25) is 0 Å². The van der Waals surface area contributed by atoms with E-state index < -0.39 is 9.93 Å². The summed E-state index contributed by atoms with van der Waals surface area (Å²) in [6.45, 7) is 4.25. The highest BCUT2D eigenvalue weighted by atomic mass is 32.2. The lowest BCUT2D eigenvalue weighted by atomic mass is 10.0. The van der Waals surface area contributed by atoms with E-state index in [0.29, 0.717) is 0 Å². The van der Waals surface area contributed by atoms with E-state index >= 15 is 0 Å². The molecule has 0 saturated carbocycles. The van der Waals surface area contributed by atoms with Crippen LogP contribution in [0, 0.1) is 0 Å². The van der Waals surface area contributed by atoms with Gasteiger partial charge in [-0.25, -0.2) is 0 Å². The first-order valence-electron chi connectivity index (χ1n) is 6.30. The maximum atomic E-state index is 13.7. The van der Waals surface area contributed by atoms with Crippen LogP contribution in [0.15, 0.2) is 64.4 Å². The van der Waals surface area contributed by atoms with Crippen molar-refractivity contribution in [2.45, 2.75) is 34.8 Å². The highest BCUT2D eigenvalue weighted by molar-refractivity contribution is 8.04. The third kappa shape index (κ3) is 1.42. The van der Waals surface area contributed by atoms with E-state index in [1.54, 1.807) is 0 Å². The fourth-order valence-corrected chi connectivity index (χ4v) is 6.47. The number of benzene rings is 2.